The molecule has 27 heavy (non-hydrogen) atoms. The largest absolute Gasteiger partial charge is 0.489 e. The highest BCUT2D eigenvalue weighted by Gasteiger charge is 2.08. The minimum absolute atomic E-state index is 0.184. The van der Waals surface area contributed by atoms with E-state index in [4.69, 9.17) is 9.29 Å². The van der Waals surface area contributed by atoms with Gasteiger partial charge < -0.3 is 4.74 Å². The third kappa shape index (κ3) is 5.47. The van der Waals surface area contributed by atoms with Crippen LogP contribution in [0.5, 0.6) is 5.75 Å². The lowest BCUT2D eigenvalue weighted by atomic mass is 10.2. The molecular formula is C20H18N2O4S. The van der Waals surface area contributed by atoms with Gasteiger partial charge in [0.1, 0.15) is 12.4 Å². The molecule has 0 fully saturated rings. The van der Waals surface area contributed by atoms with Crippen LogP contribution < -0.4 is 4.74 Å². The molecule has 0 aliphatic rings. The van der Waals surface area contributed by atoms with Crippen LogP contribution in [0, 0.1) is 6.92 Å². The number of azo groups is 1. The predicted molar refractivity (Wildman–Crippen MR) is 102 cm³/mol. The molecule has 0 saturated heterocycles. The lowest BCUT2D eigenvalue weighted by Gasteiger charge is -2.06. The van der Waals surface area contributed by atoms with Gasteiger partial charge in [-0.05, 0) is 61.0 Å². The normalized spacial score (nSPS) is 11.6. The smallest absolute Gasteiger partial charge is 0.294 e. The van der Waals surface area contributed by atoms with Crippen molar-refractivity contribution in [3.8, 4) is 5.75 Å². The van der Waals surface area contributed by atoms with Gasteiger partial charge >= 0.3 is 0 Å². The van der Waals surface area contributed by atoms with Crippen molar-refractivity contribution in [2.75, 3.05) is 0 Å². The van der Waals surface area contributed by atoms with Crippen molar-refractivity contribution >= 4 is 21.5 Å². The van der Waals surface area contributed by atoms with Crippen LogP contribution in [0.25, 0.3) is 0 Å². The first-order valence-electron chi connectivity index (χ1n) is 8.18. The van der Waals surface area contributed by atoms with Crippen molar-refractivity contribution in [3.05, 3.63) is 83.9 Å². The molecule has 0 spiro atoms. The van der Waals surface area contributed by atoms with Gasteiger partial charge in [-0.25, -0.2) is 0 Å². The third-order valence-electron chi connectivity index (χ3n) is 3.78. The van der Waals surface area contributed by atoms with E-state index < -0.39 is 10.1 Å². The molecule has 0 aliphatic carbocycles. The quantitative estimate of drug-likeness (QED) is 0.467. The molecule has 6 nitrogen and oxygen atoms in total. The maximum Gasteiger partial charge on any atom is 0.294 e. The molecule has 0 saturated carbocycles. The highest BCUT2D eigenvalue weighted by atomic mass is 32.2. The lowest BCUT2D eigenvalue weighted by molar-refractivity contribution is 0.306. The van der Waals surface area contributed by atoms with Gasteiger partial charge in [0.15, 0.2) is 0 Å². The van der Waals surface area contributed by atoms with Crippen LogP contribution in [-0.2, 0) is 16.7 Å². The number of benzene rings is 3. The zero-order valence-corrected chi connectivity index (χ0v) is 15.4. The van der Waals surface area contributed by atoms with Gasteiger partial charge in [0, 0.05) is 0 Å². The number of hydrogen-bond acceptors (Lipinski definition) is 5. The Bertz CT molecular complexity index is 1030. The van der Waals surface area contributed by atoms with E-state index in [-0.39, 0.29) is 4.90 Å². The summed E-state index contributed by atoms with van der Waals surface area (Å²) in [7, 11) is -4.21. The summed E-state index contributed by atoms with van der Waals surface area (Å²) >= 11 is 0. The molecule has 7 heteroatoms. The molecule has 3 aromatic rings. The van der Waals surface area contributed by atoms with Crippen molar-refractivity contribution in [1.29, 1.82) is 0 Å². The fourth-order valence-corrected chi connectivity index (χ4v) is 2.74. The van der Waals surface area contributed by atoms with E-state index in [9.17, 15) is 8.42 Å². The molecule has 0 amide bonds. The van der Waals surface area contributed by atoms with E-state index >= 15 is 0 Å². The van der Waals surface area contributed by atoms with E-state index in [0.29, 0.717) is 18.0 Å². The summed E-state index contributed by atoms with van der Waals surface area (Å²) in [5.74, 6) is 0.729. The number of rotatable bonds is 6. The first kappa shape index (κ1) is 18.8. The summed E-state index contributed by atoms with van der Waals surface area (Å²) in [5, 5.41) is 8.13. The maximum atomic E-state index is 11.0. The third-order valence-corrected chi connectivity index (χ3v) is 4.65. The highest BCUT2D eigenvalue weighted by molar-refractivity contribution is 7.85. The second-order valence-corrected chi connectivity index (χ2v) is 7.36. The predicted octanol–water partition coefficient (Wildman–Crippen LogP) is 5.24. The summed E-state index contributed by atoms with van der Waals surface area (Å²) in [6.45, 7) is 2.53. The van der Waals surface area contributed by atoms with Crippen molar-refractivity contribution in [2.45, 2.75) is 18.4 Å². The van der Waals surface area contributed by atoms with Crippen LogP contribution in [0.2, 0.25) is 0 Å². The molecule has 0 aromatic heterocycles. The Hall–Kier alpha value is -3.03. The second kappa shape index (κ2) is 8.11. The van der Waals surface area contributed by atoms with Gasteiger partial charge in [0.05, 0.1) is 16.3 Å². The van der Waals surface area contributed by atoms with Crippen LogP contribution in [0.4, 0.5) is 11.4 Å². The van der Waals surface area contributed by atoms with E-state index in [0.717, 1.165) is 11.3 Å². The number of hydrogen-bond donors (Lipinski definition) is 1. The molecule has 0 bridgehead atoms. The van der Waals surface area contributed by atoms with E-state index in [2.05, 4.69) is 10.2 Å². The molecule has 0 heterocycles. The molecular weight excluding hydrogens is 364 g/mol. The Labute approximate surface area is 157 Å². The maximum absolute atomic E-state index is 11.0. The SMILES string of the molecule is Cc1ccc(COc2ccc(N=Nc3ccc(S(=O)(=O)O)cc3)cc2)cc1. The van der Waals surface area contributed by atoms with Crippen LogP contribution in [0.3, 0.4) is 0 Å². The van der Waals surface area contributed by atoms with E-state index in [1.807, 2.05) is 43.3 Å². The van der Waals surface area contributed by atoms with Gasteiger partial charge in [0.2, 0.25) is 0 Å². The number of nitrogens with zero attached hydrogens (tertiary/aromatic N) is 2. The first-order valence-corrected chi connectivity index (χ1v) is 9.62. The average Bonchev–Trinajstić information content (AvgIpc) is 2.66. The Balaban J connectivity index is 1.60. The fraction of sp³-hybridized carbons (Fsp3) is 0.100. The Morgan fingerprint density at radius 1 is 0.815 bits per heavy atom. The molecule has 0 radical (unpaired) electrons. The van der Waals surface area contributed by atoms with Crippen molar-refractivity contribution < 1.29 is 17.7 Å². The summed E-state index contributed by atoms with van der Waals surface area (Å²) < 4.78 is 36.7. The second-order valence-electron chi connectivity index (χ2n) is 5.94. The van der Waals surface area contributed by atoms with Gasteiger partial charge in [-0.2, -0.15) is 18.6 Å². The van der Waals surface area contributed by atoms with Crippen LogP contribution >= 0.6 is 0 Å². The average molecular weight is 382 g/mol. The van der Waals surface area contributed by atoms with E-state index in [1.54, 1.807) is 12.1 Å². The Morgan fingerprint density at radius 2 is 1.33 bits per heavy atom. The standard InChI is InChI=1S/C20H18N2O4S/c1-15-2-4-16(5-3-15)14-26-19-10-6-17(7-11-19)21-22-18-8-12-20(13-9-18)27(23,24)25/h2-13H,14H2,1H3,(H,23,24,25). The fourth-order valence-electron chi connectivity index (χ4n) is 2.26. The van der Waals surface area contributed by atoms with Crippen molar-refractivity contribution in [3.63, 3.8) is 0 Å². The number of ether oxygens (including phenoxy) is 1. The summed E-state index contributed by atoms with van der Waals surface area (Å²) in [5.41, 5.74) is 3.41. The molecule has 0 aliphatic heterocycles. The molecule has 3 rings (SSSR count). The zero-order chi connectivity index (χ0) is 19.3. The lowest BCUT2D eigenvalue weighted by Crippen LogP contribution is -1.96. The van der Waals surface area contributed by atoms with Crippen molar-refractivity contribution in [1.82, 2.24) is 0 Å². The molecule has 3 aromatic carbocycles. The van der Waals surface area contributed by atoms with E-state index in [1.165, 1.54) is 29.8 Å². The van der Waals surface area contributed by atoms with Gasteiger partial charge in [-0.3, -0.25) is 4.55 Å². The highest BCUT2D eigenvalue weighted by Crippen LogP contribution is 2.23. The Kier molecular flexibility index (Phi) is 5.63. The topological polar surface area (TPSA) is 88.3 Å². The molecule has 138 valence electrons. The molecule has 0 unspecified atom stereocenters. The van der Waals surface area contributed by atoms with Gasteiger partial charge in [-0.15, -0.1) is 0 Å². The minimum Gasteiger partial charge on any atom is -0.489 e. The van der Waals surface area contributed by atoms with Crippen molar-refractivity contribution in [2.24, 2.45) is 10.2 Å². The zero-order valence-electron chi connectivity index (χ0n) is 14.6. The number of aryl methyl sites for hydroxylation is 1. The van der Waals surface area contributed by atoms with Crippen LogP contribution in [0.1, 0.15) is 11.1 Å². The molecule has 0 atom stereocenters. The van der Waals surface area contributed by atoms with Crippen LogP contribution in [0.15, 0.2) is 87.9 Å². The molecule has 1 N–H and O–H groups in total. The minimum atomic E-state index is -4.21. The van der Waals surface area contributed by atoms with Gasteiger partial charge in [-0.1, -0.05) is 29.8 Å². The van der Waals surface area contributed by atoms with Crippen LogP contribution in [-0.4, -0.2) is 13.0 Å². The Morgan fingerprint density at radius 3 is 1.85 bits per heavy atom. The first-order chi connectivity index (χ1) is 12.9. The summed E-state index contributed by atoms with van der Waals surface area (Å²) in [6, 6.07) is 20.8. The van der Waals surface area contributed by atoms with Gasteiger partial charge in [0.25, 0.3) is 10.1 Å². The summed E-state index contributed by atoms with van der Waals surface area (Å²) in [4.78, 5) is -0.184. The summed E-state index contributed by atoms with van der Waals surface area (Å²) in [6.07, 6.45) is 0. The monoisotopic (exact) mass is 382 g/mol.